The number of ether oxygens (including phenoxy) is 2. The summed E-state index contributed by atoms with van der Waals surface area (Å²) in [4.78, 5) is 17.6. The zero-order valence-corrected chi connectivity index (χ0v) is 36.1. The maximum absolute atomic E-state index is 13.1. The Hall–Kier alpha value is -1.85. The van der Waals surface area contributed by atoms with E-state index >= 15 is 0 Å². The molecule has 1 saturated heterocycles. The highest BCUT2D eigenvalue weighted by Gasteiger charge is 2.15. The highest BCUT2D eigenvalue weighted by Crippen LogP contribution is 2.13. The monoisotopic (exact) mass is 755 g/mol. The summed E-state index contributed by atoms with van der Waals surface area (Å²) < 4.78 is 11.8. The van der Waals surface area contributed by atoms with Crippen molar-refractivity contribution in [3.63, 3.8) is 0 Å². The first-order chi connectivity index (χ1) is 26.8. The van der Waals surface area contributed by atoms with E-state index in [0.29, 0.717) is 19.8 Å². The Labute approximate surface area is 336 Å². The highest BCUT2D eigenvalue weighted by atomic mass is 16.6. The van der Waals surface area contributed by atoms with Gasteiger partial charge in [0.05, 0.1) is 13.2 Å². The number of carbonyl (C=O) groups excluding carboxylic acids is 1. The van der Waals surface area contributed by atoms with Gasteiger partial charge in [-0.15, -0.1) is 0 Å². The number of nitrogens with zero attached hydrogens (tertiary/aromatic N) is 2. The molecule has 0 aliphatic carbocycles. The molecular weight excluding hydrogens is 665 g/mol. The minimum atomic E-state index is -0.150. The fraction of sp³-hybridized carbons (Fsp3) is 0.816. The predicted molar refractivity (Wildman–Crippen MR) is 237 cm³/mol. The van der Waals surface area contributed by atoms with E-state index in [1.807, 2.05) is 4.90 Å². The Kier molecular flexibility index (Phi) is 39.3. The molecule has 1 amide bonds. The van der Waals surface area contributed by atoms with Gasteiger partial charge in [0.1, 0.15) is 0 Å². The summed E-state index contributed by atoms with van der Waals surface area (Å²) in [6.07, 6.45) is 56.0. The second kappa shape index (κ2) is 42.3. The van der Waals surface area contributed by atoms with Gasteiger partial charge in [0.2, 0.25) is 0 Å². The molecule has 5 nitrogen and oxygen atoms in total. The lowest BCUT2D eigenvalue weighted by atomic mass is 10.1. The highest BCUT2D eigenvalue weighted by molar-refractivity contribution is 5.67. The molecule has 314 valence electrons. The van der Waals surface area contributed by atoms with E-state index in [1.165, 1.54) is 174 Å². The first-order valence-electron chi connectivity index (χ1n) is 23.6. The van der Waals surface area contributed by atoms with Crippen LogP contribution in [0.15, 0.2) is 48.6 Å². The molecule has 1 heterocycles. The number of amides is 1. The molecule has 0 aromatic carbocycles. The first kappa shape index (κ1) is 50.2. The number of unbranched alkanes of at least 4 members (excludes halogenated alkanes) is 18. The topological polar surface area (TPSA) is 42.0 Å². The Bertz CT molecular complexity index is 889. The van der Waals surface area contributed by atoms with Gasteiger partial charge in [-0.3, -0.25) is 0 Å². The molecule has 1 aliphatic heterocycles. The van der Waals surface area contributed by atoms with Crippen LogP contribution >= 0.6 is 0 Å². The lowest BCUT2D eigenvalue weighted by Gasteiger charge is -2.25. The van der Waals surface area contributed by atoms with E-state index < -0.39 is 0 Å². The van der Waals surface area contributed by atoms with Crippen LogP contribution in [0.1, 0.15) is 206 Å². The van der Waals surface area contributed by atoms with Gasteiger partial charge in [0.25, 0.3) is 0 Å². The number of allylic oxidation sites excluding steroid dienone is 8. The SMILES string of the molecule is CCCCCC=CCC=CCCCCCCCCOCCN(CCCCCCCCC=CCC=CCCCCC)C(=O)OCCCN1CCCCCCC1. The van der Waals surface area contributed by atoms with Crippen molar-refractivity contribution in [2.24, 2.45) is 0 Å². The number of hydrogen-bond donors (Lipinski definition) is 0. The number of rotatable bonds is 37. The van der Waals surface area contributed by atoms with Crippen LogP contribution in [0, 0.1) is 0 Å². The lowest BCUT2D eigenvalue weighted by molar-refractivity contribution is 0.0707. The molecule has 1 fully saturated rings. The molecule has 0 saturated carbocycles. The Morgan fingerprint density at radius 2 is 0.944 bits per heavy atom. The summed E-state index contributed by atoms with van der Waals surface area (Å²) in [6.45, 7) is 11.3. The van der Waals surface area contributed by atoms with Crippen molar-refractivity contribution < 1.29 is 14.3 Å². The smallest absolute Gasteiger partial charge is 0.409 e. The third kappa shape index (κ3) is 35.8. The number of likely N-dealkylation sites (tertiary alicyclic amines) is 1. The minimum Gasteiger partial charge on any atom is -0.449 e. The minimum absolute atomic E-state index is 0.150. The molecular formula is C49H90N2O3. The fourth-order valence-electron chi connectivity index (χ4n) is 7.13. The van der Waals surface area contributed by atoms with E-state index in [4.69, 9.17) is 9.47 Å². The van der Waals surface area contributed by atoms with Gasteiger partial charge in [-0.05, 0) is 109 Å². The summed E-state index contributed by atoms with van der Waals surface area (Å²) in [5.41, 5.74) is 0. The van der Waals surface area contributed by atoms with Crippen LogP contribution < -0.4 is 0 Å². The fourth-order valence-corrected chi connectivity index (χ4v) is 7.13. The average Bonchev–Trinajstić information content (AvgIpc) is 3.16. The molecule has 5 heteroatoms. The van der Waals surface area contributed by atoms with E-state index in [-0.39, 0.29) is 6.09 Å². The Balaban J connectivity index is 2.19. The van der Waals surface area contributed by atoms with Crippen LogP contribution in [-0.4, -0.2) is 68.4 Å². The summed E-state index contributed by atoms with van der Waals surface area (Å²) >= 11 is 0. The van der Waals surface area contributed by atoms with Crippen molar-refractivity contribution in [1.82, 2.24) is 9.80 Å². The summed E-state index contributed by atoms with van der Waals surface area (Å²) in [6, 6.07) is 0. The largest absolute Gasteiger partial charge is 0.449 e. The Morgan fingerprint density at radius 3 is 1.48 bits per heavy atom. The molecule has 0 N–H and O–H groups in total. The van der Waals surface area contributed by atoms with Gasteiger partial charge in [-0.2, -0.15) is 0 Å². The molecule has 1 rings (SSSR count). The van der Waals surface area contributed by atoms with Crippen molar-refractivity contribution in [2.45, 2.75) is 206 Å². The predicted octanol–water partition coefficient (Wildman–Crippen LogP) is 14.7. The number of hydrogen-bond acceptors (Lipinski definition) is 4. The van der Waals surface area contributed by atoms with Gasteiger partial charge in [-0.1, -0.05) is 159 Å². The molecule has 0 aromatic heterocycles. The zero-order valence-electron chi connectivity index (χ0n) is 36.1. The molecule has 0 aromatic rings. The first-order valence-corrected chi connectivity index (χ1v) is 23.6. The van der Waals surface area contributed by atoms with Crippen LogP contribution in [-0.2, 0) is 9.47 Å². The molecule has 0 atom stereocenters. The van der Waals surface area contributed by atoms with Crippen molar-refractivity contribution in [3.05, 3.63) is 48.6 Å². The van der Waals surface area contributed by atoms with Crippen LogP contribution in [0.5, 0.6) is 0 Å². The summed E-state index contributed by atoms with van der Waals surface area (Å²) in [7, 11) is 0. The van der Waals surface area contributed by atoms with Crippen molar-refractivity contribution in [1.29, 1.82) is 0 Å². The van der Waals surface area contributed by atoms with Crippen LogP contribution in [0.2, 0.25) is 0 Å². The van der Waals surface area contributed by atoms with Crippen LogP contribution in [0.25, 0.3) is 0 Å². The van der Waals surface area contributed by atoms with E-state index in [2.05, 4.69) is 67.4 Å². The van der Waals surface area contributed by atoms with Gasteiger partial charge in [-0.25, -0.2) is 4.79 Å². The molecule has 0 unspecified atom stereocenters. The molecule has 1 aliphatic rings. The van der Waals surface area contributed by atoms with Gasteiger partial charge in [0, 0.05) is 26.2 Å². The quantitative estimate of drug-likeness (QED) is 0.0468. The maximum Gasteiger partial charge on any atom is 0.409 e. The van der Waals surface area contributed by atoms with Gasteiger partial charge < -0.3 is 19.3 Å². The van der Waals surface area contributed by atoms with Crippen LogP contribution in [0.3, 0.4) is 0 Å². The number of carbonyl (C=O) groups is 1. The van der Waals surface area contributed by atoms with E-state index in [0.717, 1.165) is 51.8 Å². The summed E-state index contributed by atoms with van der Waals surface area (Å²) in [5.74, 6) is 0. The Morgan fingerprint density at radius 1 is 0.481 bits per heavy atom. The van der Waals surface area contributed by atoms with E-state index in [1.54, 1.807) is 0 Å². The molecule has 0 bridgehead atoms. The van der Waals surface area contributed by atoms with Crippen molar-refractivity contribution in [2.75, 3.05) is 52.5 Å². The standard InChI is InChI=1S/C49H90N2O3/c1-3-5-7-9-11-13-15-17-19-21-23-25-27-29-34-38-44-51(49(52)54-47-40-43-50-41-36-32-31-33-37-42-50)45-48-53-46-39-35-30-28-26-24-22-20-18-16-14-12-10-8-6-4-2/h11-14,17-20H,3-10,15-16,21-48H2,1-2H3. The van der Waals surface area contributed by atoms with Crippen molar-refractivity contribution in [3.8, 4) is 0 Å². The van der Waals surface area contributed by atoms with Crippen molar-refractivity contribution >= 4 is 6.09 Å². The third-order valence-electron chi connectivity index (χ3n) is 10.7. The van der Waals surface area contributed by atoms with Gasteiger partial charge >= 0.3 is 6.09 Å². The maximum atomic E-state index is 13.1. The average molecular weight is 755 g/mol. The van der Waals surface area contributed by atoms with Gasteiger partial charge in [0.15, 0.2) is 0 Å². The molecule has 54 heavy (non-hydrogen) atoms. The zero-order chi connectivity index (χ0) is 38.7. The normalized spacial score (nSPS) is 14.6. The third-order valence-corrected chi connectivity index (χ3v) is 10.7. The molecule has 0 radical (unpaired) electrons. The summed E-state index contributed by atoms with van der Waals surface area (Å²) in [5, 5.41) is 0. The van der Waals surface area contributed by atoms with Crippen LogP contribution in [0.4, 0.5) is 4.79 Å². The lowest BCUT2D eigenvalue weighted by Crippen LogP contribution is -2.36. The van der Waals surface area contributed by atoms with E-state index in [9.17, 15) is 4.79 Å². The second-order valence-corrected chi connectivity index (χ2v) is 15.8. The second-order valence-electron chi connectivity index (χ2n) is 15.8. The molecule has 0 spiro atoms.